The third-order valence-corrected chi connectivity index (χ3v) is 5.38. The third-order valence-electron chi connectivity index (χ3n) is 5.38. The van der Waals surface area contributed by atoms with Gasteiger partial charge in [0.1, 0.15) is 0 Å². The lowest BCUT2D eigenvalue weighted by Gasteiger charge is -2.11. The molecule has 0 spiro atoms. The minimum absolute atomic E-state index is 0.0978. The lowest BCUT2D eigenvalue weighted by atomic mass is 10.0. The number of aryl methyl sites for hydroxylation is 1. The maximum absolute atomic E-state index is 12.9. The molecule has 0 bridgehead atoms. The number of anilines is 1. The second-order valence-electron chi connectivity index (χ2n) is 7.44. The van der Waals surface area contributed by atoms with Crippen molar-refractivity contribution >= 4 is 17.1 Å². The molecule has 0 aliphatic heterocycles. The molecule has 0 saturated carbocycles. The number of benzene rings is 2. The van der Waals surface area contributed by atoms with Crippen LogP contribution in [-0.4, -0.2) is 36.9 Å². The zero-order valence-electron chi connectivity index (χ0n) is 17.7. The molecule has 0 unspecified atom stereocenters. The number of nitrogens with zero attached hydrogens (tertiary/aromatic N) is 5. The van der Waals surface area contributed by atoms with Crippen molar-refractivity contribution in [2.24, 2.45) is 14.1 Å². The Morgan fingerprint density at radius 2 is 1.62 bits per heavy atom. The van der Waals surface area contributed by atoms with Crippen LogP contribution < -0.4 is 16.6 Å². The van der Waals surface area contributed by atoms with Crippen LogP contribution in [0, 0.1) is 11.3 Å². The van der Waals surface area contributed by atoms with Gasteiger partial charge in [0.2, 0.25) is 5.95 Å². The van der Waals surface area contributed by atoms with E-state index in [0.29, 0.717) is 23.6 Å². The SMILES string of the molecule is Cn1c(=O)c2c(nc(NCCO)n2Cc2ccc(-c3ccc(C#N)cc3)cc2)n(C)c1=O. The van der Waals surface area contributed by atoms with Gasteiger partial charge >= 0.3 is 5.69 Å². The van der Waals surface area contributed by atoms with E-state index in [4.69, 9.17) is 5.26 Å². The average molecular weight is 430 g/mol. The first-order chi connectivity index (χ1) is 15.4. The summed E-state index contributed by atoms with van der Waals surface area (Å²) < 4.78 is 4.12. The molecule has 4 aromatic rings. The molecular formula is C23H22N6O3. The van der Waals surface area contributed by atoms with E-state index in [0.717, 1.165) is 21.3 Å². The van der Waals surface area contributed by atoms with Crippen molar-refractivity contribution in [3.63, 3.8) is 0 Å². The van der Waals surface area contributed by atoms with Gasteiger partial charge in [-0.2, -0.15) is 10.2 Å². The smallest absolute Gasteiger partial charge is 0.332 e. The highest BCUT2D eigenvalue weighted by molar-refractivity contribution is 5.74. The summed E-state index contributed by atoms with van der Waals surface area (Å²) in [6.45, 7) is 0.514. The van der Waals surface area contributed by atoms with Crippen molar-refractivity contribution in [3.8, 4) is 17.2 Å². The van der Waals surface area contributed by atoms with Gasteiger partial charge in [-0.05, 0) is 28.8 Å². The summed E-state index contributed by atoms with van der Waals surface area (Å²) in [5.41, 5.74) is 3.26. The Kier molecular flexibility index (Phi) is 5.62. The van der Waals surface area contributed by atoms with E-state index in [1.54, 1.807) is 23.7 Å². The Labute approximate surface area is 183 Å². The maximum Gasteiger partial charge on any atom is 0.332 e. The first kappa shape index (κ1) is 21.1. The molecule has 0 atom stereocenters. The fourth-order valence-corrected chi connectivity index (χ4v) is 3.63. The quantitative estimate of drug-likeness (QED) is 0.478. The van der Waals surface area contributed by atoms with Gasteiger partial charge < -0.3 is 10.4 Å². The van der Waals surface area contributed by atoms with Crippen LogP contribution in [-0.2, 0) is 20.6 Å². The standard InChI is InChI=1S/C23H22N6O3/c1-27-20-19(21(31)28(2)23(27)32)29(22(26-20)25-11-12-30)14-16-5-9-18(10-6-16)17-7-3-15(13-24)4-8-17/h3-10,30H,11-12,14H2,1-2H3,(H,25,26). The second-order valence-corrected chi connectivity index (χ2v) is 7.44. The molecule has 0 aliphatic rings. The largest absolute Gasteiger partial charge is 0.395 e. The van der Waals surface area contributed by atoms with Crippen molar-refractivity contribution in [1.82, 2.24) is 18.7 Å². The average Bonchev–Trinajstić information content (AvgIpc) is 3.18. The van der Waals surface area contributed by atoms with Gasteiger partial charge in [0.05, 0.1) is 24.8 Å². The van der Waals surface area contributed by atoms with E-state index in [2.05, 4.69) is 16.4 Å². The zero-order chi connectivity index (χ0) is 22.8. The van der Waals surface area contributed by atoms with Gasteiger partial charge in [-0.1, -0.05) is 36.4 Å². The van der Waals surface area contributed by atoms with E-state index < -0.39 is 11.2 Å². The van der Waals surface area contributed by atoms with Crippen LogP contribution in [0.25, 0.3) is 22.3 Å². The van der Waals surface area contributed by atoms with Crippen molar-refractivity contribution in [2.45, 2.75) is 6.54 Å². The van der Waals surface area contributed by atoms with Crippen LogP contribution in [0.4, 0.5) is 5.95 Å². The van der Waals surface area contributed by atoms with Crippen LogP contribution in [0.1, 0.15) is 11.1 Å². The zero-order valence-corrected chi connectivity index (χ0v) is 17.7. The molecule has 162 valence electrons. The Morgan fingerprint density at radius 1 is 1.00 bits per heavy atom. The third kappa shape index (κ3) is 3.68. The summed E-state index contributed by atoms with van der Waals surface area (Å²) in [7, 11) is 3.01. The summed E-state index contributed by atoms with van der Waals surface area (Å²) in [6, 6.07) is 17.3. The number of hydrogen-bond donors (Lipinski definition) is 2. The highest BCUT2D eigenvalue weighted by Crippen LogP contribution is 2.22. The molecule has 2 aromatic heterocycles. The Morgan fingerprint density at radius 3 is 2.22 bits per heavy atom. The van der Waals surface area contributed by atoms with Crippen LogP contribution in [0.2, 0.25) is 0 Å². The molecule has 2 aromatic carbocycles. The second kappa shape index (κ2) is 8.53. The van der Waals surface area contributed by atoms with Gasteiger partial charge in [0.15, 0.2) is 11.2 Å². The van der Waals surface area contributed by atoms with Crippen molar-refractivity contribution in [2.75, 3.05) is 18.5 Å². The highest BCUT2D eigenvalue weighted by atomic mass is 16.3. The number of fused-ring (bicyclic) bond motifs is 1. The van der Waals surface area contributed by atoms with Crippen molar-refractivity contribution < 1.29 is 5.11 Å². The number of nitrogens with one attached hydrogen (secondary N) is 1. The fourth-order valence-electron chi connectivity index (χ4n) is 3.63. The predicted octanol–water partition coefficient (Wildman–Crippen LogP) is 1.42. The lowest BCUT2D eigenvalue weighted by molar-refractivity contribution is 0.310. The summed E-state index contributed by atoms with van der Waals surface area (Å²) in [4.78, 5) is 29.6. The number of aliphatic hydroxyl groups is 1. The number of rotatable bonds is 6. The van der Waals surface area contributed by atoms with Gasteiger partial charge in [-0.15, -0.1) is 0 Å². The Bertz CT molecular complexity index is 1440. The molecule has 0 amide bonds. The molecule has 2 N–H and O–H groups in total. The molecule has 9 nitrogen and oxygen atoms in total. The highest BCUT2D eigenvalue weighted by Gasteiger charge is 2.19. The monoisotopic (exact) mass is 430 g/mol. The summed E-state index contributed by atoms with van der Waals surface area (Å²) in [5.74, 6) is 0.406. The van der Waals surface area contributed by atoms with E-state index >= 15 is 0 Å². The van der Waals surface area contributed by atoms with Crippen molar-refractivity contribution in [3.05, 3.63) is 80.5 Å². The van der Waals surface area contributed by atoms with Gasteiger partial charge in [0.25, 0.3) is 5.56 Å². The molecule has 0 saturated heterocycles. The molecule has 0 fully saturated rings. The topological polar surface area (TPSA) is 118 Å². The molecule has 2 heterocycles. The summed E-state index contributed by atoms with van der Waals surface area (Å²) >= 11 is 0. The van der Waals surface area contributed by atoms with Crippen LogP contribution in [0.3, 0.4) is 0 Å². The van der Waals surface area contributed by atoms with E-state index in [9.17, 15) is 14.7 Å². The number of aliphatic hydroxyl groups excluding tert-OH is 1. The first-order valence-corrected chi connectivity index (χ1v) is 10.0. The number of nitriles is 1. The Balaban J connectivity index is 1.75. The van der Waals surface area contributed by atoms with E-state index in [-0.39, 0.29) is 18.8 Å². The van der Waals surface area contributed by atoms with Gasteiger partial charge in [0, 0.05) is 20.6 Å². The van der Waals surface area contributed by atoms with Crippen LogP contribution in [0.5, 0.6) is 0 Å². The predicted molar refractivity (Wildman–Crippen MR) is 121 cm³/mol. The normalized spacial score (nSPS) is 10.9. The molecular weight excluding hydrogens is 408 g/mol. The minimum Gasteiger partial charge on any atom is -0.395 e. The Hall–Kier alpha value is -4.16. The van der Waals surface area contributed by atoms with Crippen LogP contribution in [0.15, 0.2) is 58.1 Å². The summed E-state index contributed by atoms with van der Waals surface area (Å²) in [5, 5.41) is 21.2. The molecule has 0 aliphatic carbocycles. The van der Waals surface area contributed by atoms with Gasteiger partial charge in [-0.25, -0.2) is 4.79 Å². The molecule has 0 radical (unpaired) electrons. The minimum atomic E-state index is -0.451. The number of imidazole rings is 1. The number of aromatic nitrogens is 4. The molecule has 4 rings (SSSR count). The van der Waals surface area contributed by atoms with E-state index in [1.165, 1.54) is 11.6 Å². The van der Waals surface area contributed by atoms with E-state index in [1.807, 2.05) is 36.4 Å². The summed E-state index contributed by atoms with van der Waals surface area (Å²) in [6.07, 6.45) is 0. The van der Waals surface area contributed by atoms with Gasteiger partial charge in [-0.3, -0.25) is 18.5 Å². The fraction of sp³-hybridized carbons (Fsp3) is 0.217. The van der Waals surface area contributed by atoms with Crippen LogP contribution >= 0.6 is 0 Å². The maximum atomic E-state index is 12.9. The first-order valence-electron chi connectivity index (χ1n) is 10.0. The lowest BCUT2D eigenvalue weighted by Crippen LogP contribution is -2.37. The molecule has 32 heavy (non-hydrogen) atoms. The molecule has 9 heteroatoms. The number of hydrogen-bond acceptors (Lipinski definition) is 6. The van der Waals surface area contributed by atoms with Crippen molar-refractivity contribution in [1.29, 1.82) is 5.26 Å².